The Morgan fingerprint density at radius 3 is 2.91 bits per heavy atom. The van der Waals surface area contributed by atoms with E-state index in [4.69, 9.17) is 5.73 Å². The molecule has 1 atom stereocenters. The zero-order chi connectivity index (χ0) is 8.10. The van der Waals surface area contributed by atoms with Gasteiger partial charge in [-0.3, -0.25) is 5.43 Å². The van der Waals surface area contributed by atoms with Crippen LogP contribution in [0.1, 0.15) is 32.6 Å². The van der Waals surface area contributed by atoms with Crippen molar-refractivity contribution in [3.05, 3.63) is 0 Å². The summed E-state index contributed by atoms with van der Waals surface area (Å²) in [4.78, 5) is 4.13. The molecule has 0 aromatic rings. The second kappa shape index (κ2) is 4.18. The Bertz CT molecular complexity index is 143. The van der Waals surface area contributed by atoms with E-state index in [9.17, 15) is 0 Å². The van der Waals surface area contributed by atoms with Crippen molar-refractivity contribution in [2.45, 2.75) is 38.8 Å². The van der Waals surface area contributed by atoms with Gasteiger partial charge < -0.3 is 5.73 Å². The summed E-state index contributed by atoms with van der Waals surface area (Å²) in [5.74, 6) is 0.506. The number of hydrogen-bond donors (Lipinski definition) is 3. The summed E-state index contributed by atoms with van der Waals surface area (Å²) >= 11 is 0. The van der Waals surface area contributed by atoms with Crippen LogP contribution in [-0.4, -0.2) is 12.1 Å². The minimum atomic E-state index is 0.196. The molecule has 1 aliphatic heterocycles. The van der Waals surface area contributed by atoms with Gasteiger partial charge in [0, 0.05) is 0 Å². The first-order valence-corrected chi connectivity index (χ1v) is 4.17. The van der Waals surface area contributed by atoms with Crippen LogP contribution in [0, 0.1) is 0 Å². The molecule has 0 aliphatic carbocycles. The SMILES string of the molecule is CCCCCC1N=C(N)NN1. The van der Waals surface area contributed by atoms with Gasteiger partial charge in [0.2, 0.25) is 5.96 Å². The number of rotatable bonds is 4. The van der Waals surface area contributed by atoms with Gasteiger partial charge in [-0.05, 0) is 12.8 Å². The van der Waals surface area contributed by atoms with Crippen molar-refractivity contribution in [1.29, 1.82) is 0 Å². The Kier molecular flexibility index (Phi) is 3.16. The molecule has 0 spiro atoms. The summed E-state index contributed by atoms with van der Waals surface area (Å²) in [6, 6.07) is 0. The van der Waals surface area contributed by atoms with E-state index in [2.05, 4.69) is 22.8 Å². The zero-order valence-electron chi connectivity index (χ0n) is 6.93. The summed E-state index contributed by atoms with van der Waals surface area (Å²) in [6.45, 7) is 2.19. The molecule has 0 saturated heterocycles. The lowest BCUT2D eigenvalue weighted by Crippen LogP contribution is -2.38. The van der Waals surface area contributed by atoms with E-state index < -0.39 is 0 Å². The minimum absolute atomic E-state index is 0.196. The van der Waals surface area contributed by atoms with E-state index in [0.29, 0.717) is 5.96 Å². The third kappa shape index (κ3) is 2.76. The fraction of sp³-hybridized carbons (Fsp3) is 0.857. The van der Waals surface area contributed by atoms with Gasteiger partial charge in [0.25, 0.3) is 0 Å². The highest BCUT2D eigenvalue weighted by atomic mass is 15.5. The Hall–Kier alpha value is -0.770. The van der Waals surface area contributed by atoms with Gasteiger partial charge in [0.15, 0.2) is 0 Å². The number of hydrogen-bond acceptors (Lipinski definition) is 4. The molecule has 1 unspecified atom stereocenters. The van der Waals surface area contributed by atoms with E-state index >= 15 is 0 Å². The van der Waals surface area contributed by atoms with E-state index in [0.717, 1.165) is 6.42 Å². The fourth-order valence-electron chi connectivity index (χ4n) is 1.11. The first-order valence-electron chi connectivity index (χ1n) is 4.17. The van der Waals surface area contributed by atoms with Crippen LogP contribution in [0.4, 0.5) is 0 Å². The Morgan fingerprint density at radius 1 is 1.55 bits per heavy atom. The molecule has 0 fully saturated rings. The monoisotopic (exact) mass is 156 g/mol. The number of hydrazine groups is 1. The Balaban J connectivity index is 2.08. The summed E-state index contributed by atoms with van der Waals surface area (Å²) in [7, 11) is 0. The molecule has 0 radical (unpaired) electrons. The van der Waals surface area contributed by atoms with Gasteiger partial charge in [-0.15, -0.1) is 0 Å². The zero-order valence-corrected chi connectivity index (χ0v) is 6.93. The number of nitrogens with two attached hydrogens (primary N) is 1. The maximum absolute atomic E-state index is 5.41. The summed E-state index contributed by atoms with van der Waals surface area (Å²) < 4.78 is 0. The van der Waals surface area contributed by atoms with Crippen molar-refractivity contribution in [3.8, 4) is 0 Å². The molecule has 4 N–H and O–H groups in total. The van der Waals surface area contributed by atoms with Gasteiger partial charge >= 0.3 is 0 Å². The Morgan fingerprint density at radius 2 is 2.36 bits per heavy atom. The summed E-state index contributed by atoms with van der Waals surface area (Å²) in [6.07, 6.45) is 5.00. The normalized spacial score (nSPS) is 23.0. The smallest absolute Gasteiger partial charge is 0.204 e. The second-order valence-corrected chi connectivity index (χ2v) is 2.80. The van der Waals surface area contributed by atoms with Crippen LogP contribution >= 0.6 is 0 Å². The van der Waals surface area contributed by atoms with E-state index in [1.165, 1.54) is 19.3 Å². The molecule has 4 nitrogen and oxygen atoms in total. The molecule has 1 rings (SSSR count). The number of aliphatic imine (C=N–C) groups is 1. The van der Waals surface area contributed by atoms with Crippen molar-refractivity contribution >= 4 is 5.96 Å². The molecule has 64 valence electrons. The first-order chi connectivity index (χ1) is 5.33. The van der Waals surface area contributed by atoms with Gasteiger partial charge in [-0.25, -0.2) is 10.4 Å². The van der Waals surface area contributed by atoms with Gasteiger partial charge in [0.05, 0.1) is 0 Å². The molecular formula is C7H16N4. The highest BCUT2D eigenvalue weighted by Gasteiger charge is 2.11. The van der Waals surface area contributed by atoms with Crippen LogP contribution in [0.2, 0.25) is 0 Å². The maximum Gasteiger partial charge on any atom is 0.204 e. The van der Waals surface area contributed by atoms with Crippen molar-refractivity contribution in [1.82, 2.24) is 10.9 Å². The van der Waals surface area contributed by atoms with Crippen molar-refractivity contribution in [2.75, 3.05) is 0 Å². The molecule has 0 saturated carbocycles. The number of unbranched alkanes of at least 4 members (excludes halogenated alkanes) is 2. The summed E-state index contributed by atoms with van der Waals surface area (Å²) in [5, 5.41) is 0. The average molecular weight is 156 g/mol. The van der Waals surface area contributed by atoms with Crippen LogP contribution < -0.4 is 16.6 Å². The third-order valence-corrected chi connectivity index (χ3v) is 1.74. The van der Waals surface area contributed by atoms with E-state index in [1.54, 1.807) is 0 Å². The molecule has 0 bridgehead atoms. The van der Waals surface area contributed by atoms with Crippen molar-refractivity contribution < 1.29 is 0 Å². The molecule has 1 aliphatic rings. The molecule has 0 amide bonds. The molecule has 11 heavy (non-hydrogen) atoms. The quantitative estimate of drug-likeness (QED) is 0.513. The van der Waals surface area contributed by atoms with Crippen molar-refractivity contribution in [3.63, 3.8) is 0 Å². The van der Waals surface area contributed by atoms with Gasteiger partial charge in [-0.2, -0.15) is 0 Å². The number of nitrogens with zero attached hydrogens (tertiary/aromatic N) is 1. The third-order valence-electron chi connectivity index (χ3n) is 1.74. The van der Waals surface area contributed by atoms with Crippen LogP contribution in [0.15, 0.2) is 4.99 Å². The average Bonchev–Trinajstić information content (AvgIpc) is 2.37. The highest BCUT2D eigenvalue weighted by Crippen LogP contribution is 2.05. The predicted molar refractivity (Wildman–Crippen MR) is 45.8 cm³/mol. The molecule has 4 heteroatoms. The lowest BCUT2D eigenvalue weighted by molar-refractivity contribution is 0.486. The van der Waals surface area contributed by atoms with Gasteiger partial charge in [-0.1, -0.05) is 19.8 Å². The molecule has 1 heterocycles. The first kappa shape index (κ1) is 8.33. The molecular weight excluding hydrogens is 140 g/mol. The standard InChI is InChI=1S/C7H16N4/c1-2-3-4-5-6-9-7(8)11-10-6/h6,10H,2-5H2,1H3,(H3,8,9,11). The highest BCUT2D eigenvalue weighted by molar-refractivity contribution is 5.78. The molecule has 0 aromatic heterocycles. The van der Waals surface area contributed by atoms with E-state index in [-0.39, 0.29) is 6.17 Å². The lowest BCUT2D eigenvalue weighted by Gasteiger charge is -2.04. The number of nitrogens with one attached hydrogen (secondary N) is 2. The minimum Gasteiger partial charge on any atom is -0.369 e. The van der Waals surface area contributed by atoms with E-state index in [1.807, 2.05) is 0 Å². The largest absolute Gasteiger partial charge is 0.369 e. The van der Waals surface area contributed by atoms with Crippen LogP contribution in [0.25, 0.3) is 0 Å². The predicted octanol–water partition coefficient (Wildman–Crippen LogP) is 0.315. The topological polar surface area (TPSA) is 62.4 Å². The second-order valence-electron chi connectivity index (χ2n) is 2.80. The maximum atomic E-state index is 5.41. The number of guanidine groups is 1. The van der Waals surface area contributed by atoms with Crippen molar-refractivity contribution in [2.24, 2.45) is 10.7 Å². The Labute approximate surface area is 67.2 Å². The van der Waals surface area contributed by atoms with Crippen LogP contribution in [0.3, 0.4) is 0 Å². The lowest BCUT2D eigenvalue weighted by atomic mass is 10.2. The summed E-state index contributed by atoms with van der Waals surface area (Å²) in [5.41, 5.74) is 11.2. The molecule has 0 aromatic carbocycles. The fourth-order valence-corrected chi connectivity index (χ4v) is 1.11. The van der Waals surface area contributed by atoms with Gasteiger partial charge in [0.1, 0.15) is 6.17 Å². The van der Waals surface area contributed by atoms with Crippen LogP contribution in [-0.2, 0) is 0 Å². The van der Waals surface area contributed by atoms with Crippen LogP contribution in [0.5, 0.6) is 0 Å².